The van der Waals surface area contributed by atoms with Crippen molar-refractivity contribution in [1.29, 1.82) is 0 Å². The molecule has 2 amide bonds. The van der Waals surface area contributed by atoms with Crippen LogP contribution in [0.4, 0.5) is 10.1 Å². The van der Waals surface area contributed by atoms with Crippen molar-refractivity contribution in [2.75, 3.05) is 11.4 Å². The van der Waals surface area contributed by atoms with E-state index in [4.69, 9.17) is 9.47 Å². The van der Waals surface area contributed by atoms with E-state index < -0.39 is 6.10 Å². The molecule has 2 aliphatic heterocycles. The Hall–Kier alpha value is -3.92. The van der Waals surface area contributed by atoms with Crippen LogP contribution in [0.25, 0.3) is 0 Å². The summed E-state index contributed by atoms with van der Waals surface area (Å²) in [5.74, 6) is 0.842. The summed E-state index contributed by atoms with van der Waals surface area (Å²) in [7, 11) is 0. The number of aliphatic imine (C=N–C) groups is 1. The summed E-state index contributed by atoms with van der Waals surface area (Å²) in [6.45, 7) is 8.13. The quantitative estimate of drug-likeness (QED) is 0.410. The molecule has 1 N–H and O–H groups in total. The van der Waals surface area contributed by atoms with Gasteiger partial charge in [-0.05, 0) is 57.0 Å². The number of amides is 2. The third-order valence-electron chi connectivity index (χ3n) is 6.40. The molecule has 0 saturated carbocycles. The molecule has 206 valence electrons. The summed E-state index contributed by atoms with van der Waals surface area (Å²) >= 11 is 0. The zero-order valence-electron chi connectivity index (χ0n) is 22.3. The van der Waals surface area contributed by atoms with Crippen LogP contribution in [-0.2, 0) is 20.7 Å². The molecule has 1 aromatic heterocycles. The first kappa shape index (κ1) is 28.1. The Balaban J connectivity index is 1.26. The lowest BCUT2D eigenvalue weighted by atomic mass is 9.98. The molecule has 1 fully saturated rings. The average Bonchev–Trinajstić information content (AvgIpc) is 3.28. The third-order valence-corrected chi connectivity index (χ3v) is 6.40. The molecule has 2 aliphatic rings. The summed E-state index contributed by atoms with van der Waals surface area (Å²) in [4.78, 5) is 40.2. The van der Waals surface area contributed by atoms with Crippen LogP contribution in [0.2, 0.25) is 0 Å². The van der Waals surface area contributed by atoms with Crippen LogP contribution < -0.4 is 15.0 Å². The van der Waals surface area contributed by atoms with Gasteiger partial charge in [0.1, 0.15) is 23.5 Å². The van der Waals surface area contributed by atoms with E-state index in [0.717, 1.165) is 0 Å². The van der Waals surface area contributed by atoms with Gasteiger partial charge in [0.2, 0.25) is 11.8 Å². The maximum Gasteiger partial charge on any atom is 0.256 e. The van der Waals surface area contributed by atoms with Gasteiger partial charge in [-0.2, -0.15) is 0 Å². The smallest absolute Gasteiger partial charge is 0.256 e. The fraction of sp³-hybridized carbons (Fsp3) is 0.414. The number of nitrogens with one attached hydrogen (secondary N) is 1. The van der Waals surface area contributed by atoms with Crippen molar-refractivity contribution in [3.05, 3.63) is 72.9 Å². The van der Waals surface area contributed by atoms with Crippen molar-refractivity contribution >= 4 is 23.7 Å². The van der Waals surface area contributed by atoms with E-state index >= 15 is 0 Å². The number of halogens is 1. The van der Waals surface area contributed by atoms with Gasteiger partial charge in [0, 0.05) is 44.0 Å². The van der Waals surface area contributed by atoms with Crippen molar-refractivity contribution in [3.8, 4) is 5.75 Å². The summed E-state index contributed by atoms with van der Waals surface area (Å²) in [5, 5.41) is 2.95. The Bertz CT molecular complexity index is 1210. The Labute approximate surface area is 227 Å². The highest BCUT2D eigenvalue weighted by Crippen LogP contribution is 2.25. The van der Waals surface area contributed by atoms with E-state index in [0.29, 0.717) is 61.8 Å². The Morgan fingerprint density at radius 2 is 2.00 bits per heavy atom. The van der Waals surface area contributed by atoms with E-state index in [9.17, 15) is 14.0 Å². The zero-order valence-corrected chi connectivity index (χ0v) is 22.3. The molecule has 2 aromatic rings. The SMILES string of the molecule is C=CCC(CCc1ncc(N2CC[C@@H](OC3C=NC(Oc4ccc(F)cc4)=CC3)C2=O)cn1)C(=O)NC(C)C. The second-order valence-electron chi connectivity index (χ2n) is 9.83. The topological polar surface area (TPSA) is 106 Å². The maximum absolute atomic E-state index is 13.1. The van der Waals surface area contributed by atoms with Gasteiger partial charge in [-0.1, -0.05) is 6.08 Å². The number of nitrogens with zero attached hydrogens (tertiary/aromatic N) is 4. The molecule has 1 saturated heterocycles. The average molecular weight is 536 g/mol. The Morgan fingerprint density at radius 1 is 1.26 bits per heavy atom. The highest BCUT2D eigenvalue weighted by atomic mass is 19.1. The van der Waals surface area contributed by atoms with Crippen LogP contribution in [0.5, 0.6) is 5.75 Å². The van der Waals surface area contributed by atoms with Crippen molar-refractivity contribution < 1.29 is 23.5 Å². The minimum Gasteiger partial charge on any atom is -0.439 e. The summed E-state index contributed by atoms with van der Waals surface area (Å²) in [5.41, 5.74) is 0.613. The number of rotatable bonds is 12. The molecular weight excluding hydrogens is 501 g/mol. The number of carbonyl (C=O) groups excluding carboxylic acids is 2. The van der Waals surface area contributed by atoms with Crippen molar-refractivity contribution in [2.24, 2.45) is 10.9 Å². The van der Waals surface area contributed by atoms with E-state index in [1.807, 2.05) is 13.8 Å². The number of anilines is 1. The van der Waals surface area contributed by atoms with Gasteiger partial charge in [0.05, 0.1) is 24.2 Å². The lowest BCUT2D eigenvalue weighted by Crippen LogP contribution is -2.35. The Kier molecular flexibility index (Phi) is 9.54. The number of aryl methyl sites for hydroxylation is 1. The summed E-state index contributed by atoms with van der Waals surface area (Å²) in [6.07, 6.45) is 10.3. The number of hydrogen-bond acceptors (Lipinski definition) is 7. The molecule has 0 spiro atoms. The summed E-state index contributed by atoms with van der Waals surface area (Å²) in [6, 6.07) is 5.77. The highest BCUT2D eigenvalue weighted by molar-refractivity contribution is 5.98. The lowest BCUT2D eigenvalue weighted by molar-refractivity contribution is -0.128. The van der Waals surface area contributed by atoms with Crippen LogP contribution in [-0.4, -0.2) is 52.8 Å². The number of allylic oxidation sites excluding steroid dienone is 1. The molecule has 3 atom stereocenters. The van der Waals surface area contributed by atoms with Crippen molar-refractivity contribution in [3.63, 3.8) is 0 Å². The van der Waals surface area contributed by atoms with Crippen LogP contribution in [0.3, 0.4) is 0 Å². The molecule has 9 nitrogen and oxygen atoms in total. The van der Waals surface area contributed by atoms with E-state index in [-0.39, 0.29) is 35.7 Å². The summed E-state index contributed by atoms with van der Waals surface area (Å²) < 4.78 is 24.7. The van der Waals surface area contributed by atoms with Gasteiger partial charge < -0.3 is 19.7 Å². The highest BCUT2D eigenvalue weighted by Gasteiger charge is 2.35. The predicted molar refractivity (Wildman–Crippen MR) is 146 cm³/mol. The normalized spacial score (nSPS) is 19.6. The van der Waals surface area contributed by atoms with Gasteiger partial charge in [-0.15, -0.1) is 6.58 Å². The van der Waals surface area contributed by atoms with Crippen LogP contribution in [0.1, 0.15) is 45.4 Å². The van der Waals surface area contributed by atoms with Crippen molar-refractivity contribution in [1.82, 2.24) is 15.3 Å². The van der Waals surface area contributed by atoms with Crippen LogP contribution in [0, 0.1) is 11.7 Å². The molecule has 0 aliphatic carbocycles. The lowest BCUT2D eigenvalue weighted by Gasteiger charge is -2.21. The maximum atomic E-state index is 13.1. The molecule has 2 unspecified atom stereocenters. The monoisotopic (exact) mass is 535 g/mol. The number of ether oxygens (including phenoxy) is 2. The number of hydrogen-bond donors (Lipinski definition) is 1. The van der Waals surface area contributed by atoms with Gasteiger partial charge in [-0.25, -0.2) is 19.4 Å². The van der Waals surface area contributed by atoms with Crippen LogP contribution in [0.15, 0.2) is 66.3 Å². The minimum atomic E-state index is -0.590. The van der Waals surface area contributed by atoms with E-state index in [2.05, 4.69) is 26.9 Å². The molecule has 39 heavy (non-hydrogen) atoms. The van der Waals surface area contributed by atoms with Crippen LogP contribution >= 0.6 is 0 Å². The first-order chi connectivity index (χ1) is 18.8. The Morgan fingerprint density at radius 3 is 2.64 bits per heavy atom. The zero-order chi connectivity index (χ0) is 27.8. The molecule has 1 aromatic carbocycles. The molecule has 10 heteroatoms. The molecule has 0 bridgehead atoms. The molecular formula is C29H34FN5O4. The second kappa shape index (κ2) is 13.2. The largest absolute Gasteiger partial charge is 0.439 e. The number of carbonyl (C=O) groups is 2. The van der Waals surface area contributed by atoms with Gasteiger partial charge >= 0.3 is 0 Å². The minimum absolute atomic E-state index is 0.00496. The molecule has 3 heterocycles. The van der Waals surface area contributed by atoms with Gasteiger partial charge in [0.15, 0.2) is 0 Å². The molecule has 0 radical (unpaired) electrons. The van der Waals surface area contributed by atoms with E-state index in [1.54, 1.807) is 35.7 Å². The van der Waals surface area contributed by atoms with Gasteiger partial charge in [0.25, 0.3) is 5.91 Å². The third kappa shape index (κ3) is 7.79. The fourth-order valence-corrected chi connectivity index (χ4v) is 4.40. The standard InChI is InChI=1S/C29H34FN5O4/c1-4-5-20(28(36)34-19(2)3)6-12-26-31-16-22(17-32-26)35-15-14-25(29(35)37)38-24-11-13-27(33-18-24)39-23-9-7-21(30)8-10-23/h4,7-10,13,16-20,24-25H,1,5-6,11-12,14-15H2,2-3H3,(H,34,36)/t20?,24?,25-/m1/s1. The fourth-order valence-electron chi connectivity index (χ4n) is 4.40. The second-order valence-corrected chi connectivity index (χ2v) is 9.83. The van der Waals surface area contributed by atoms with Gasteiger partial charge in [-0.3, -0.25) is 9.59 Å². The first-order valence-corrected chi connectivity index (χ1v) is 13.2. The number of benzene rings is 1. The number of aromatic nitrogens is 2. The predicted octanol–water partition coefficient (Wildman–Crippen LogP) is 4.15. The van der Waals surface area contributed by atoms with Crippen molar-refractivity contribution in [2.45, 2.75) is 64.2 Å². The molecule has 4 rings (SSSR count). The van der Waals surface area contributed by atoms with E-state index in [1.165, 1.54) is 24.3 Å². The first-order valence-electron chi connectivity index (χ1n) is 13.2.